The summed E-state index contributed by atoms with van der Waals surface area (Å²) in [6.45, 7) is 0. The molecular weight excluding hydrogens is 230 g/mol. The molecule has 0 saturated heterocycles. The average molecular weight is 244 g/mol. The van der Waals surface area contributed by atoms with Crippen molar-refractivity contribution < 1.29 is 14.6 Å². The molecule has 1 aromatic rings. The number of ether oxygens (including phenoxy) is 1. The lowest BCUT2D eigenvalue weighted by atomic mass is 10.0. The number of methoxy groups -OCH3 is 1. The van der Waals surface area contributed by atoms with Gasteiger partial charge in [0.05, 0.1) is 13.2 Å². The van der Waals surface area contributed by atoms with Crippen LogP contribution in [0.25, 0.3) is 0 Å². The lowest BCUT2D eigenvalue weighted by Crippen LogP contribution is -2.33. The van der Waals surface area contributed by atoms with Crippen LogP contribution in [0.5, 0.6) is 0 Å². The van der Waals surface area contributed by atoms with Crippen molar-refractivity contribution in [3.05, 3.63) is 34.9 Å². The topological polar surface area (TPSA) is 72.5 Å². The van der Waals surface area contributed by atoms with Crippen molar-refractivity contribution in [3.8, 4) is 0 Å². The Labute approximate surface area is 99.0 Å². The maximum atomic E-state index is 11.1. The van der Waals surface area contributed by atoms with Crippen LogP contribution in [0, 0.1) is 0 Å². The van der Waals surface area contributed by atoms with Gasteiger partial charge in [0.15, 0.2) is 0 Å². The van der Waals surface area contributed by atoms with Gasteiger partial charge in [-0.05, 0) is 11.6 Å². The van der Waals surface area contributed by atoms with Crippen molar-refractivity contribution in [1.29, 1.82) is 0 Å². The number of aliphatic hydroxyl groups is 1. The summed E-state index contributed by atoms with van der Waals surface area (Å²) in [6, 6.07) is 6.03. The molecule has 4 nitrogen and oxygen atoms in total. The lowest BCUT2D eigenvalue weighted by Gasteiger charge is -2.15. The van der Waals surface area contributed by atoms with Crippen molar-refractivity contribution in [1.82, 2.24) is 0 Å². The van der Waals surface area contributed by atoms with E-state index < -0.39 is 18.1 Å². The highest BCUT2D eigenvalue weighted by atomic mass is 35.5. The van der Waals surface area contributed by atoms with Crippen molar-refractivity contribution in [2.45, 2.75) is 18.6 Å². The molecule has 0 radical (unpaired) electrons. The molecule has 1 aromatic carbocycles. The second-order valence-corrected chi connectivity index (χ2v) is 3.81. The monoisotopic (exact) mass is 243 g/mol. The van der Waals surface area contributed by atoms with Gasteiger partial charge < -0.3 is 15.6 Å². The minimum absolute atomic E-state index is 0.0798. The summed E-state index contributed by atoms with van der Waals surface area (Å²) in [5, 5.41) is 10.3. The van der Waals surface area contributed by atoms with E-state index in [9.17, 15) is 9.90 Å². The molecule has 5 heteroatoms. The first-order valence-electron chi connectivity index (χ1n) is 4.82. The minimum Gasteiger partial charge on any atom is -0.468 e. The molecule has 0 aromatic heterocycles. The molecule has 3 N–H and O–H groups in total. The van der Waals surface area contributed by atoms with Gasteiger partial charge in [0.2, 0.25) is 0 Å². The number of hydrogen-bond donors (Lipinski definition) is 2. The third-order valence-corrected chi connectivity index (χ3v) is 2.59. The molecule has 0 saturated carbocycles. The van der Waals surface area contributed by atoms with Crippen molar-refractivity contribution >= 4 is 17.6 Å². The van der Waals surface area contributed by atoms with Gasteiger partial charge in [-0.3, -0.25) is 4.79 Å². The molecule has 1 rings (SSSR count). The summed E-state index contributed by atoms with van der Waals surface area (Å²) in [5.74, 6) is -0.550. The molecule has 0 aliphatic carbocycles. The van der Waals surface area contributed by atoms with Gasteiger partial charge in [-0.15, -0.1) is 0 Å². The average Bonchev–Trinajstić information content (AvgIpc) is 2.28. The van der Waals surface area contributed by atoms with Crippen molar-refractivity contribution in [2.75, 3.05) is 7.11 Å². The molecule has 2 unspecified atom stereocenters. The molecule has 2 atom stereocenters. The van der Waals surface area contributed by atoms with Gasteiger partial charge in [-0.25, -0.2) is 0 Å². The van der Waals surface area contributed by atoms with Crippen LogP contribution in [-0.2, 0) is 9.53 Å². The van der Waals surface area contributed by atoms with E-state index in [0.29, 0.717) is 10.6 Å². The number of halogens is 1. The summed E-state index contributed by atoms with van der Waals surface area (Å²) in [4.78, 5) is 11.1. The third-order valence-electron chi connectivity index (χ3n) is 2.25. The van der Waals surface area contributed by atoms with E-state index in [-0.39, 0.29) is 6.42 Å². The fourth-order valence-corrected chi connectivity index (χ4v) is 1.62. The predicted molar refractivity (Wildman–Crippen MR) is 61.0 cm³/mol. The normalized spacial score (nSPS) is 14.2. The van der Waals surface area contributed by atoms with Gasteiger partial charge in [-0.1, -0.05) is 29.8 Å². The summed E-state index contributed by atoms with van der Waals surface area (Å²) in [6.07, 6.45) is -0.793. The Bertz CT molecular complexity index is 370. The molecule has 16 heavy (non-hydrogen) atoms. The zero-order valence-electron chi connectivity index (χ0n) is 8.89. The molecular formula is C11H14ClNO3. The SMILES string of the molecule is COC(=O)C(N)CC(O)c1ccccc1Cl. The highest BCUT2D eigenvalue weighted by molar-refractivity contribution is 6.31. The van der Waals surface area contributed by atoms with Crippen LogP contribution in [0.4, 0.5) is 0 Å². The summed E-state index contributed by atoms with van der Waals surface area (Å²) in [7, 11) is 1.25. The Kier molecular flexibility index (Phi) is 4.73. The van der Waals surface area contributed by atoms with E-state index in [0.717, 1.165) is 0 Å². The number of aliphatic hydroxyl groups excluding tert-OH is 1. The standard InChI is InChI=1S/C11H14ClNO3/c1-16-11(15)9(13)6-10(14)7-4-2-3-5-8(7)12/h2-5,9-10,14H,6,13H2,1H3. The first kappa shape index (κ1) is 13.0. The Morgan fingerprint density at radius 3 is 2.75 bits per heavy atom. The van der Waals surface area contributed by atoms with E-state index in [1.54, 1.807) is 24.3 Å². The molecule has 0 aliphatic heterocycles. The Hall–Kier alpha value is -1.10. The van der Waals surface area contributed by atoms with Crippen LogP contribution in [0.1, 0.15) is 18.1 Å². The molecule has 88 valence electrons. The number of esters is 1. The summed E-state index contributed by atoms with van der Waals surface area (Å²) < 4.78 is 4.47. The first-order valence-corrected chi connectivity index (χ1v) is 5.20. The van der Waals surface area contributed by atoms with Gasteiger partial charge in [0.25, 0.3) is 0 Å². The fraction of sp³-hybridized carbons (Fsp3) is 0.364. The van der Waals surface area contributed by atoms with Crippen LogP contribution < -0.4 is 5.73 Å². The third kappa shape index (κ3) is 3.20. The van der Waals surface area contributed by atoms with Crippen LogP contribution in [0.3, 0.4) is 0 Å². The highest BCUT2D eigenvalue weighted by Gasteiger charge is 2.20. The molecule has 0 fully saturated rings. The van der Waals surface area contributed by atoms with Gasteiger partial charge in [0, 0.05) is 11.4 Å². The minimum atomic E-state index is -0.872. The number of rotatable bonds is 4. The fourth-order valence-electron chi connectivity index (χ4n) is 1.36. The van der Waals surface area contributed by atoms with Gasteiger partial charge in [0.1, 0.15) is 6.04 Å². The second-order valence-electron chi connectivity index (χ2n) is 3.40. The molecule has 0 bridgehead atoms. The predicted octanol–water partition coefficient (Wildman–Crippen LogP) is 1.26. The van der Waals surface area contributed by atoms with E-state index in [1.807, 2.05) is 0 Å². The first-order chi connectivity index (χ1) is 7.56. The van der Waals surface area contributed by atoms with Crippen LogP contribution >= 0.6 is 11.6 Å². The quantitative estimate of drug-likeness (QED) is 0.781. The molecule has 0 spiro atoms. The molecule has 0 aliphatic rings. The van der Waals surface area contributed by atoms with Gasteiger partial charge in [-0.2, -0.15) is 0 Å². The Morgan fingerprint density at radius 1 is 1.56 bits per heavy atom. The van der Waals surface area contributed by atoms with Crippen LogP contribution in [0.2, 0.25) is 5.02 Å². The number of hydrogen-bond acceptors (Lipinski definition) is 4. The van der Waals surface area contributed by atoms with Gasteiger partial charge >= 0.3 is 5.97 Å². The van der Waals surface area contributed by atoms with E-state index >= 15 is 0 Å². The van der Waals surface area contributed by atoms with E-state index in [1.165, 1.54) is 7.11 Å². The molecule has 0 heterocycles. The van der Waals surface area contributed by atoms with Crippen molar-refractivity contribution in [2.24, 2.45) is 5.73 Å². The number of benzene rings is 1. The van der Waals surface area contributed by atoms with Crippen LogP contribution in [-0.4, -0.2) is 24.2 Å². The Balaban J connectivity index is 2.69. The Morgan fingerprint density at radius 2 is 2.19 bits per heavy atom. The zero-order valence-corrected chi connectivity index (χ0v) is 9.65. The van der Waals surface area contributed by atoms with Crippen molar-refractivity contribution in [3.63, 3.8) is 0 Å². The summed E-state index contributed by atoms with van der Waals surface area (Å²) in [5.41, 5.74) is 6.10. The number of nitrogens with two attached hydrogens (primary N) is 1. The smallest absolute Gasteiger partial charge is 0.322 e. The number of carbonyl (C=O) groups excluding carboxylic acids is 1. The zero-order chi connectivity index (χ0) is 12.1. The number of carbonyl (C=O) groups is 1. The summed E-state index contributed by atoms with van der Waals surface area (Å²) >= 11 is 5.90. The highest BCUT2D eigenvalue weighted by Crippen LogP contribution is 2.25. The maximum absolute atomic E-state index is 11.1. The lowest BCUT2D eigenvalue weighted by molar-refractivity contribution is -0.142. The van der Waals surface area contributed by atoms with Crippen LogP contribution in [0.15, 0.2) is 24.3 Å². The second kappa shape index (κ2) is 5.84. The van der Waals surface area contributed by atoms with E-state index in [4.69, 9.17) is 17.3 Å². The molecule has 0 amide bonds. The largest absolute Gasteiger partial charge is 0.468 e. The maximum Gasteiger partial charge on any atom is 0.322 e. The van der Waals surface area contributed by atoms with E-state index in [2.05, 4.69) is 4.74 Å².